The lowest BCUT2D eigenvalue weighted by Crippen LogP contribution is -2.48. The Hall–Kier alpha value is -0.770. The van der Waals surface area contributed by atoms with E-state index >= 15 is 0 Å². The van der Waals surface area contributed by atoms with Gasteiger partial charge in [0.05, 0.1) is 7.11 Å². The molecule has 20 heavy (non-hydrogen) atoms. The molecule has 4 heteroatoms. The molecule has 0 saturated carbocycles. The van der Waals surface area contributed by atoms with Crippen molar-refractivity contribution in [1.82, 2.24) is 10.2 Å². The standard InChI is InChI=1S/C16H25ClN2O/c1-4-16(2)12-19(9-5-8-18-16)11-13-10-14(17)6-7-15(13)20-3/h6-7,10,18H,4-5,8-9,11-12H2,1-3H3. The maximum absolute atomic E-state index is 6.12. The van der Waals surface area contributed by atoms with Crippen LogP contribution in [0.2, 0.25) is 5.02 Å². The maximum Gasteiger partial charge on any atom is 0.123 e. The van der Waals surface area contributed by atoms with Gasteiger partial charge in [0.25, 0.3) is 0 Å². The third-order valence-corrected chi connectivity index (χ3v) is 4.43. The first-order valence-electron chi connectivity index (χ1n) is 7.36. The predicted molar refractivity (Wildman–Crippen MR) is 84.6 cm³/mol. The quantitative estimate of drug-likeness (QED) is 0.922. The van der Waals surface area contributed by atoms with Crippen LogP contribution in [0.1, 0.15) is 32.3 Å². The van der Waals surface area contributed by atoms with Gasteiger partial charge < -0.3 is 10.1 Å². The van der Waals surface area contributed by atoms with Gasteiger partial charge in [-0.05, 0) is 51.1 Å². The summed E-state index contributed by atoms with van der Waals surface area (Å²) in [4.78, 5) is 2.50. The number of rotatable bonds is 4. The molecule has 0 spiro atoms. The molecule has 112 valence electrons. The third-order valence-electron chi connectivity index (χ3n) is 4.19. The summed E-state index contributed by atoms with van der Waals surface area (Å²) in [5.41, 5.74) is 1.36. The molecule has 1 unspecified atom stereocenters. The molecule has 0 radical (unpaired) electrons. The first-order valence-corrected chi connectivity index (χ1v) is 7.74. The summed E-state index contributed by atoms with van der Waals surface area (Å²) < 4.78 is 5.45. The molecule has 1 aromatic carbocycles. The minimum Gasteiger partial charge on any atom is -0.496 e. The van der Waals surface area contributed by atoms with Gasteiger partial charge in [-0.25, -0.2) is 0 Å². The van der Waals surface area contributed by atoms with E-state index in [-0.39, 0.29) is 5.54 Å². The Labute approximate surface area is 127 Å². The summed E-state index contributed by atoms with van der Waals surface area (Å²) in [6.45, 7) is 8.70. The molecular weight excluding hydrogens is 272 g/mol. The number of methoxy groups -OCH3 is 1. The lowest BCUT2D eigenvalue weighted by Gasteiger charge is -2.33. The monoisotopic (exact) mass is 296 g/mol. The second-order valence-corrected chi connectivity index (χ2v) is 6.30. The number of halogens is 1. The number of ether oxygens (including phenoxy) is 1. The highest BCUT2D eigenvalue weighted by atomic mass is 35.5. The molecule has 1 aliphatic heterocycles. The highest BCUT2D eigenvalue weighted by Gasteiger charge is 2.27. The molecule has 1 aliphatic rings. The Morgan fingerprint density at radius 1 is 1.45 bits per heavy atom. The average molecular weight is 297 g/mol. The summed E-state index contributed by atoms with van der Waals surface area (Å²) in [5.74, 6) is 0.921. The highest BCUT2D eigenvalue weighted by molar-refractivity contribution is 6.30. The molecule has 3 nitrogen and oxygen atoms in total. The smallest absolute Gasteiger partial charge is 0.123 e. The van der Waals surface area contributed by atoms with E-state index in [1.807, 2.05) is 18.2 Å². The molecule has 2 rings (SSSR count). The van der Waals surface area contributed by atoms with E-state index in [0.717, 1.165) is 43.4 Å². The third kappa shape index (κ3) is 3.87. The zero-order valence-electron chi connectivity index (χ0n) is 12.7. The zero-order chi connectivity index (χ0) is 14.6. The van der Waals surface area contributed by atoms with Crippen LogP contribution in [0.3, 0.4) is 0 Å². The summed E-state index contributed by atoms with van der Waals surface area (Å²) in [6.07, 6.45) is 2.31. The second kappa shape index (κ2) is 6.79. The minimum absolute atomic E-state index is 0.197. The van der Waals surface area contributed by atoms with Crippen molar-refractivity contribution in [2.45, 2.75) is 38.8 Å². The summed E-state index contributed by atoms with van der Waals surface area (Å²) >= 11 is 6.12. The summed E-state index contributed by atoms with van der Waals surface area (Å²) in [6, 6.07) is 5.85. The number of hydrogen-bond acceptors (Lipinski definition) is 3. The van der Waals surface area contributed by atoms with Gasteiger partial charge in [-0.1, -0.05) is 18.5 Å². The Morgan fingerprint density at radius 3 is 2.95 bits per heavy atom. The van der Waals surface area contributed by atoms with Crippen LogP contribution in [0.15, 0.2) is 18.2 Å². The van der Waals surface area contributed by atoms with Crippen molar-refractivity contribution in [3.05, 3.63) is 28.8 Å². The van der Waals surface area contributed by atoms with Crippen molar-refractivity contribution in [3.63, 3.8) is 0 Å². The van der Waals surface area contributed by atoms with Crippen LogP contribution in [-0.2, 0) is 6.54 Å². The fourth-order valence-electron chi connectivity index (χ4n) is 2.80. The topological polar surface area (TPSA) is 24.5 Å². The Balaban J connectivity index is 2.14. The molecule has 0 bridgehead atoms. The van der Waals surface area contributed by atoms with E-state index in [0.29, 0.717) is 0 Å². The number of hydrogen-bond donors (Lipinski definition) is 1. The van der Waals surface area contributed by atoms with E-state index < -0.39 is 0 Å². The highest BCUT2D eigenvalue weighted by Crippen LogP contribution is 2.25. The van der Waals surface area contributed by atoms with Gasteiger partial charge in [0.1, 0.15) is 5.75 Å². The van der Waals surface area contributed by atoms with Gasteiger partial charge in [0.2, 0.25) is 0 Å². The van der Waals surface area contributed by atoms with Gasteiger partial charge >= 0.3 is 0 Å². The summed E-state index contributed by atoms with van der Waals surface area (Å²) in [5, 5.41) is 4.43. The molecule has 0 aromatic heterocycles. The molecule has 1 fully saturated rings. The predicted octanol–water partition coefficient (Wildman–Crippen LogP) is 3.31. The molecule has 0 aliphatic carbocycles. The van der Waals surface area contributed by atoms with Gasteiger partial charge in [-0.15, -0.1) is 0 Å². The van der Waals surface area contributed by atoms with Crippen LogP contribution in [0.5, 0.6) is 5.75 Å². The minimum atomic E-state index is 0.197. The normalized spacial score (nSPS) is 24.4. The van der Waals surface area contributed by atoms with Gasteiger partial charge in [-0.3, -0.25) is 4.90 Å². The molecule has 1 atom stereocenters. The van der Waals surface area contributed by atoms with E-state index in [9.17, 15) is 0 Å². The van der Waals surface area contributed by atoms with Gasteiger partial charge in [-0.2, -0.15) is 0 Å². The Bertz CT molecular complexity index is 452. The molecule has 1 saturated heterocycles. The SMILES string of the molecule is CCC1(C)CN(Cc2cc(Cl)ccc2OC)CCCN1. The van der Waals surface area contributed by atoms with Crippen LogP contribution >= 0.6 is 11.6 Å². The van der Waals surface area contributed by atoms with Crippen molar-refractivity contribution in [2.24, 2.45) is 0 Å². The number of nitrogens with zero attached hydrogens (tertiary/aromatic N) is 1. The van der Waals surface area contributed by atoms with Gasteiger partial charge in [0, 0.05) is 29.2 Å². The van der Waals surface area contributed by atoms with Crippen molar-refractivity contribution in [2.75, 3.05) is 26.7 Å². The van der Waals surface area contributed by atoms with E-state index in [2.05, 4.69) is 24.1 Å². The van der Waals surface area contributed by atoms with Crippen molar-refractivity contribution >= 4 is 11.6 Å². The second-order valence-electron chi connectivity index (χ2n) is 5.86. The molecular formula is C16H25ClN2O. The fourth-order valence-corrected chi connectivity index (χ4v) is 3.00. The van der Waals surface area contributed by atoms with E-state index in [1.165, 1.54) is 12.0 Å². The summed E-state index contributed by atoms with van der Waals surface area (Å²) in [7, 11) is 1.72. The van der Waals surface area contributed by atoms with Crippen LogP contribution in [-0.4, -0.2) is 37.2 Å². The zero-order valence-corrected chi connectivity index (χ0v) is 13.5. The Morgan fingerprint density at radius 2 is 2.25 bits per heavy atom. The number of benzene rings is 1. The van der Waals surface area contributed by atoms with Crippen LogP contribution in [0.25, 0.3) is 0 Å². The van der Waals surface area contributed by atoms with Crippen LogP contribution in [0.4, 0.5) is 0 Å². The maximum atomic E-state index is 6.12. The largest absolute Gasteiger partial charge is 0.496 e. The van der Waals surface area contributed by atoms with Gasteiger partial charge in [0.15, 0.2) is 0 Å². The lowest BCUT2D eigenvalue weighted by atomic mass is 9.98. The molecule has 0 amide bonds. The molecule has 1 N–H and O–H groups in total. The van der Waals surface area contributed by atoms with E-state index in [4.69, 9.17) is 16.3 Å². The van der Waals surface area contributed by atoms with Crippen molar-refractivity contribution in [3.8, 4) is 5.75 Å². The fraction of sp³-hybridized carbons (Fsp3) is 0.625. The lowest BCUT2D eigenvalue weighted by molar-refractivity contribution is 0.206. The van der Waals surface area contributed by atoms with E-state index in [1.54, 1.807) is 7.11 Å². The van der Waals surface area contributed by atoms with Crippen LogP contribution in [0, 0.1) is 0 Å². The average Bonchev–Trinajstić information content (AvgIpc) is 2.61. The molecule has 1 heterocycles. The number of nitrogens with one attached hydrogen (secondary N) is 1. The van der Waals surface area contributed by atoms with Crippen molar-refractivity contribution in [1.29, 1.82) is 0 Å². The van der Waals surface area contributed by atoms with Crippen molar-refractivity contribution < 1.29 is 4.74 Å². The Kier molecular flexibility index (Phi) is 5.30. The molecule has 1 aromatic rings. The first kappa shape index (κ1) is 15.6. The first-order chi connectivity index (χ1) is 9.56. The van der Waals surface area contributed by atoms with Crippen LogP contribution < -0.4 is 10.1 Å².